The molecule has 0 aliphatic carbocycles. The molecule has 0 saturated heterocycles. The summed E-state index contributed by atoms with van der Waals surface area (Å²) < 4.78 is 4.68. The lowest BCUT2D eigenvalue weighted by Gasteiger charge is -2.48. The molecule has 1 aromatic carbocycles. The molecule has 2 atom stereocenters. The van der Waals surface area contributed by atoms with Crippen LogP contribution in [-0.4, -0.2) is 45.7 Å². The monoisotopic (exact) mass is 378 g/mol. The molecule has 2 rings (SSSR count). The second kappa shape index (κ2) is 6.71. The van der Waals surface area contributed by atoms with Crippen LogP contribution < -0.4 is 5.32 Å². The van der Waals surface area contributed by atoms with E-state index in [4.69, 9.17) is 0 Å². The SMILES string of the molecule is COC(=O)C1(C)NC(C)=CC(c2cccc([N+](=O)[O-])c2)C1(C(=O)O)C(=O)O. The zero-order valence-corrected chi connectivity index (χ0v) is 14.8. The van der Waals surface area contributed by atoms with E-state index in [1.165, 1.54) is 31.2 Å². The Labute approximate surface area is 153 Å². The van der Waals surface area contributed by atoms with Crippen LogP contribution in [0.15, 0.2) is 36.0 Å². The zero-order valence-electron chi connectivity index (χ0n) is 14.8. The summed E-state index contributed by atoms with van der Waals surface area (Å²) in [6.45, 7) is 2.65. The van der Waals surface area contributed by atoms with Gasteiger partial charge in [0.15, 0.2) is 5.54 Å². The summed E-state index contributed by atoms with van der Waals surface area (Å²) in [4.78, 5) is 47.4. The van der Waals surface area contributed by atoms with Crippen molar-refractivity contribution < 1.29 is 34.3 Å². The number of benzene rings is 1. The number of nitro groups is 1. The minimum absolute atomic E-state index is 0.0741. The van der Waals surface area contributed by atoms with E-state index in [9.17, 15) is 34.7 Å². The molecule has 1 aromatic rings. The van der Waals surface area contributed by atoms with Gasteiger partial charge < -0.3 is 20.3 Å². The molecule has 0 saturated carbocycles. The minimum Gasteiger partial charge on any atom is -0.480 e. The smallest absolute Gasteiger partial charge is 0.333 e. The van der Waals surface area contributed by atoms with Crippen molar-refractivity contribution in [2.75, 3.05) is 7.11 Å². The number of esters is 1. The van der Waals surface area contributed by atoms with Crippen LogP contribution in [0.25, 0.3) is 0 Å². The molecule has 1 aliphatic heterocycles. The number of non-ortho nitro benzene ring substituents is 1. The van der Waals surface area contributed by atoms with E-state index in [0.29, 0.717) is 5.70 Å². The number of carbonyl (C=O) groups is 3. The minimum atomic E-state index is -2.71. The summed E-state index contributed by atoms with van der Waals surface area (Å²) >= 11 is 0. The van der Waals surface area contributed by atoms with Crippen molar-refractivity contribution in [1.82, 2.24) is 5.32 Å². The van der Waals surface area contributed by atoms with Gasteiger partial charge in [-0.2, -0.15) is 0 Å². The Morgan fingerprint density at radius 1 is 1.26 bits per heavy atom. The predicted molar refractivity (Wildman–Crippen MR) is 90.9 cm³/mol. The van der Waals surface area contributed by atoms with Crippen LogP contribution in [0.4, 0.5) is 5.69 Å². The molecule has 27 heavy (non-hydrogen) atoms. The van der Waals surface area contributed by atoms with Crippen molar-refractivity contribution in [3.63, 3.8) is 0 Å². The summed E-state index contributed by atoms with van der Waals surface area (Å²) in [5, 5.41) is 33.6. The van der Waals surface area contributed by atoms with Gasteiger partial charge in [0.05, 0.1) is 12.0 Å². The molecule has 10 heteroatoms. The number of nitrogens with zero attached hydrogens (tertiary/aromatic N) is 1. The second-order valence-corrected chi connectivity index (χ2v) is 6.34. The van der Waals surface area contributed by atoms with Crippen LogP contribution in [-0.2, 0) is 19.1 Å². The molecule has 10 nitrogen and oxygen atoms in total. The van der Waals surface area contributed by atoms with E-state index in [-0.39, 0.29) is 11.3 Å². The van der Waals surface area contributed by atoms with Gasteiger partial charge in [-0.3, -0.25) is 19.7 Å². The number of carboxylic acids is 2. The molecule has 1 aliphatic rings. The Morgan fingerprint density at radius 2 is 1.85 bits per heavy atom. The highest BCUT2D eigenvalue weighted by Gasteiger charge is 2.70. The lowest BCUT2D eigenvalue weighted by Crippen LogP contribution is -2.71. The molecule has 1 heterocycles. The fourth-order valence-corrected chi connectivity index (χ4v) is 3.60. The maximum atomic E-state index is 12.5. The number of aliphatic carboxylic acids is 2. The number of ether oxygens (including phenoxy) is 1. The highest BCUT2D eigenvalue weighted by molar-refractivity contribution is 6.08. The first-order valence-electron chi connectivity index (χ1n) is 7.78. The summed E-state index contributed by atoms with van der Waals surface area (Å²) in [7, 11) is 1.01. The standard InChI is InChI=1S/C17H18N2O8/c1-9-7-12(10-5-4-6-11(8-10)19(25)26)17(13(20)21,14(22)23)16(2,18-9)15(24)27-3/h4-8,12,18H,1-3H3,(H,20,21)(H,22,23). The van der Waals surface area contributed by atoms with Crippen molar-refractivity contribution in [3.05, 3.63) is 51.7 Å². The first-order valence-corrected chi connectivity index (χ1v) is 7.78. The Morgan fingerprint density at radius 3 is 2.33 bits per heavy atom. The van der Waals surface area contributed by atoms with Crippen molar-refractivity contribution in [2.45, 2.75) is 25.3 Å². The highest BCUT2D eigenvalue weighted by Crippen LogP contribution is 2.50. The van der Waals surface area contributed by atoms with E-state index in [1.54, 1.807) is 0 Å². The van der Waals surface area contributed by atoms with E-state index in [0.717, 1.165) is 20.1 Å². The number of carbonyl (C=O) groups excluding carboxylic acids is 1. The quantitative estimate of drug-likeness (QED) is 0.297. The summed E-state index contributed by atoms with van der Waals surface area (Å²) in [5.41, 5.74) is -4.81. The number of hydrogen-bond acceptors (Lipinski definition) is 7. The molecule has 0 aromatic heterocycles. The molecule has 144 valence electrons. The number of methoxy groups -OCH3 is 1. The van der Waals surface area contributed by atoms with Gasteiger partial charge in [0.25, 0.3) is 5.69 Å². The lowest BCUT2D eigenvalue weighted by molar-refractivity contribution is -0.384. The van der Waals surface area contributed by atoms with Crippen LogP contribution >= 0.6 is 0 Å². The van der Waals surface area contributed by atoms with Crippen LogP contribution in [0.1, 0.15) is 25.3 Å². The van der Waals surface area contributed by atoms with Gasteiger partial charge >= 0.3 is 17.9 Å². The van der Waals surface area contributed by atoms with Gasteiger partial charge in [-0.15, -0.1) is 0 Å². The topological polar surface area (TPSA) is 156 Å². The Kier molecular flexibility index (Phi) is 4.94. The van der Waals surface area contributed by atoms with Gasteiger partial charge in [-0.05, 0) is 19.4 Å². The number of nitrogens with one attached hydrogen (secondary N) is 1. The average Bonchev–Trinajstić information content (AvgIpc) is 2.59. The van der Waals surface area contributed by atoms with E-state index in [1.807, 2.05) is 0 Å². The van der Waals surface area contributed by atoms with E-state index < -0.39 is 39.7 Å². The molecule has 0 spiro atoms. The summed E-state index contributed by atoms with van der Waals surface area (Å²) in [6.07, 6.45) is 1.33. The maximum absolute atomic E-state index is 12.5. The third-order valence-corrected chi connectivity index (χ3v) is 4.83. The highest BCUT2D eigenvalue weighted by atomic mass is 16.6. The van der Waals surface area contributed by atoms with Gasteiger partial charge in [-0.25, -0.2) is 4.79 Å². The Balaban J connectivity index is 2.88. The normalized spacial score (nSPS) is 23.5. The second-order valence-electron chi connectivity index (χ2n) is 6.34. The summed E-state index contributed by atoms with van der Waals surface area (Å²) in [6, 6.07) is 5.00. The van der Waals surface area contributed by atoms with Crippen molar-refractivity contribution in [1.29, 1.82) is 0 Å². The Hall–Kier alpha value is -3.43. The van der Waals surface area contributed by atoms with Crippen molar-refractivity contribution >= 4 is 23.6 Å². The molecule has 0 radical (unpaired) electrons. The largest absolute Gasteiger partial charge is 0.480 e. The number of rotatable bonds is 5. The molecule has 3 N–H and O–H groups in total. The molecule has 0 fully saturated rings. The van der Waals surface area contributed by atoms with Crippen LogP contribution in [0.3, 0.4) is 0 Å². The molecular weight excluding hydrogens is 360 g/mol. The number of carboxylic acid groups (broad SMARTS) is 2. The van der Waals surface area contributed by atoms with E-state index in [2.05, 4.69) is 10.1 Å². The number of hydrogen-bond donors (Lipinski definition) is 3. The molecule has 0 amide bonds. The van der Waals surface area contributed by atoms with Crippen molar-refractivity contribution in [2.24, 2.45) is 5.41 Å². The van der Waals surface area contributed by atoms with Gasteiger partial charge in [0, 0.05) is 23.7 Å². The van der Waals surface area contributed by atoms with Gasteiger partial charge in [0.1, 0.15) is 0 Å². The third kappa shape index (κ3) is 2.78. The van der Waals surface area contributed by atoms with Crippen LogP contribution in [0.5, 0.6) is 0 Å². The Bertz CT molecular complexity index is 848. The number of nitro benzene ring substituents is 1. The van der Waals surface area contributed by atoms with Gasteiger partial charge in [0.2, 0.25) is 5.41 Å². The fourth-order valence-electron chi connectivity index (χ4n) is 3.60. The molecular formula is C17H18N2O8. The first-order chi connectivity index (χ1) is 12.5. The predicted octanol–water partition coefficient (Wildman–Crippen LogP) is 1.27. The van der Waals surface area contributed by atoms with Crippen LogP contribution in [0.2, 0.25) is 0 Å². The maximum Gasteiger partial charge on any atom is 0.333 e. The third-order valence-electron chi connectivity index (χ3n) is 4.83. The lowest BCUT2D eigenvalue weighted by atomic mass is 9.58. The zero-order chi connectivity index (χ0) is 20.6. The summed E-state index contributed by atoms with van der Waals surface area (Å²) in [5.74, 6) is -6.03. The molecule has 2 unspecified atom stereocenters. The van der Waals surface area contributed by atoms with Crippen molar-refractivity contribution in [3.8, 4) is 0 Å². The fraction of sp³-hybridized carbons (Fsp3) is 0.353. The first kappa shape index (κ1) is 19.9. The number of allylic oxidation sites excluding steroid dienone is 2. The average molecular weight is 378 g/mol. The van der Waals surface area contributed by atoms with Gasteiger partial charge in [-0.1, -0.05) is 18.2 Å². The van der Waals surface area contributed by atoms with Crippen LogP contribution in [0, 0.1) is 15.5 Å². The molecule has 0 bridgehead atoms. The van der Waals surface area contributed by atoms with E-state index >= 15 is 0 Å².